The van der Waals surface area contributed by atoms with E-state index in [4.69, 9.17) is 23.7 Å². The van der Waals surface area contributed by atoms with Gasteiger partial charge < -0.3 is 11.5 Å². The van der Waals surface area contributed by atoms with E-state index in [2.05, 4.69) is 4.90 Å². The Morgan fingerprint density at radius 2 is 1.93 bits per heavy atom. The highest BCUT2D eigenvalue weighted by atomic mass is 32.1. The molecule has 1 aliphatic rings. The second-order valence-electron chi connectivity index (χ2n) is 4.09. The Hall–Kier alpha value is -0.680. The normalized spacial score (nSPS) is 17.1. The molecule has 1 amide bonds. The molecular formula is C10H19N3OS. The van der Waals surface area contributed by atoms with E-state index >= 15 is 0 Å². The van der Waals surface area contributed by atoms with Crippen molar-refractivity contribution in [3.63, 3.8) is 0 Å². The zero-order valence-electron chi connectivity index (χ0n) is 8.95. The summed E-state index contributed by atoms with van der Waals surface area (Å²) in [6, 6.07) is 0.533. The minimum atomic E-state index is -0.263. The third kappa shape index (κ3) is 4.57. The lowest BCUT2D eigenvalue weighted by molar-refractivity contribution is -0.118. The lowest BCUT2D eigenvalue weighted by atomic mass is 10.2. The topological polar surface area (TPSA) is 72.4 Å². The predicted octanol–water partition coefficient (Wildman–Crippen LogP) is 0.392. The highest BCUT2D eigenvalue weighted by molar-refractivity contribution is 7.80. The fourth-order valence-electron chi connectivity index (χ4n) is 2.11. The number of hydrogen-bond acceptors (Lipinski definition) is 3. The second kappa shape index (κ2) is 6.02. The number of nitrogens with zero attached hydrogens (tertiary/aromatic N) is 1. The van der Waals surface area contributed by atoms with Gasteiger partial charge in [-0.15, -0.1) is 0 Å². The Labute approximate surface area is 96.0 Å². The van der Waals surface area contributed by atoms with Gasteiger partial charge in [0.25, 0.3) is 0 Å². The Kier molecular flexibility index (Phi) is 4.98. The van der Waals surface area contributed by atoms with Crippen LogP contribution in [0.4, 0.5) is 0 Å². The van der Waals surface area contributed by atoms with Crippen molar-refractivity contribution >= 4 is 23.1 Å². The first-order chi connectivity index (χ1) is 7.09. The van der Waals surface area contributed by atoms with Crippen LogP contribution in [0.2, 0.25) is 0 Å². The lowest BCUT2D eigenvalue weighted by Crippen LogP contribution is -2.41. The Bertz CT molecular complexity index is 239. The molecule has 0 bridgehead atoms. The summed E-state index contributed by atoms with van der Waals surface area (Å²) in [6.45, 7) is 1.28. The number of carbonyl (C=O) groups is 1. The molecule has 0 aromatic heterocycles. The third-order valence-electron chi connectivity index (χ3n) is 2.85. The van der Waals surface area contributed by atoms with Gasteiger partial charge >= 0.3 is 0 Å². The Morgan fingerprint density at radius 3 is 2.40 bits per heavy atom. The summed E-state index contributed by atoms with van der Waals surface area (Å²) in [7, 11) is 0. The highest BCUT2D eigenvalue weighted by Gasteiger charge is 2.22. The number of hydrogen-bond donors (Lipinski definition) is 2. The summed E-state index contributed by atoms with van der Waals surface area (Å²) in [5.41, 5.74) is 10.7. The summed E-state index contributed by atoms with van der Waals surface area (Å²) in [5, 5.41) is 0. The minimum Gasteiger partial charge on any atom is -0.392 e. The van der Waals surface area contributed by atoms with Gasteiger partial charge in [-0.05, 0) is 12.8 Å². The molecule has 86 valence electrons. The van der Waals surface area contributed by atoms with Gasteiger partial charge in [0.1, 0.15) is 0 Å². The highest BCUT2D eigenvalue weighted by Crippen LogP contribution is 2.23. The molecular weight excluding hydrogens is 210 g/mol. The lowest BCUT2D eigenvalue weighted by Gasteiger charge is -2.27. The maximum absolute atomic E-state index is 10.7. The quantitative estimate of drug-likeness (QED) is 0.646. The van der Waals surface area contributed by atoms with E-state index in [0.717, 1.165) is 0 Å². The fraction of sp³-hybridized carbons (Fsp3) is 0.800. The molecule has 0 unspecified atom stereocenters. The van der Waals surface area contributed by atoms with Gasteiger partial charge in [0.05, 0.1) is 4.99 Å². The smallest absolute Gasteiger partial charge is 0.218 e. The zero-order valence-corrected chi connectivity index (χ0v) is 9.76. The number of amides is 1. The average molecular weight is 229 g/mol. The monoisotopic (exact) mass is 229 g/mol. The van der Waals surface area contributed by atoms with Crippen molar-refractivity contribution in [3.05, 3.63) is 0 Å². The largest absolute Gasteiger partial charge is 0.392 e. The van der Waals surface area contributed by atoms with Crippen molar-refractivity contribution in [3.8, 4) is 0 Å². The molecule has 0 radical (unpaired) electrons. The maximum Gasteiger partial charge on any atom is 0.218 e. The average Bonchev–Trinajstić information content (AvgIpc) is 2.63. The zero-order chi connectivity index (χ0) is 11.3. The van der Waals surface area contributed by atoms with E-state index in [9.17, 15) is 4.79 Å². The van der Waals surface area contributed by atoms with Crippen LogP contribution in [-0.2, 0) is 4.79 Å². The van der Waals surface area contributed by atoms with Crippen LogP contribution in [0.1, 0.15) is 32.1 Å². The first kappa shape index (κ1) is 12.4. The van der Waals surface area contributed by atoms with Crippen molar-refractivity contribution in [1.29, 1.82) is 0 Å². The van der Waals surface area contributed by atoms with Gasteiger partial charge in [0.15, 0.2) is 0 Å². The molecule has 15 heavy (non-hydrogen) atoms. The molecule has 0 aromatic rings. The van der Waals surface area contributed by atoms with Crippen molar-refractivity contribution in [2.45, 2.75) is 38.1 Å². The standard InChI is InChI=1S/C10H19N3OS/c11-9(14)5-6-13(7-10(12)15)8-3-1-2-4-8/h8H,1-7H2,(H2,11,14)(H2,12,15). The molecule has 0 atom stereocenters. The van der Waals surface area contributed by atoms with Crippen LogP contribution in [-0.4, -0.2) is 34.9 Å². The first-order valence-corrected chi connectivity index (χ1v) is 5.81. The summed E-state index contributed by atoms with van der Waals surface area (Å²) >= 11 is 4.91. The van der Waals surface area contributed by atoms with Crippen LogP contribution in [0, 0.1) is 0 Å². The van der Waals surface area contributed by atoms with E-state index in [-0.39, 0.29) is 5.91 Å². The van der Waals surface area contributed by atoms with E-state index in [0.29, 0.717) is 30.5 Å². The summed E-state index contributed by atoms with van der Waals surface area (Å²) in [4.78, 5) is 13.4. The molecule has 4 nitrogen and oxygen atoms in total. The van der Waals surface area contributed by atoms with Crippen LogP contribution in [0.3, 0.4) is 0 Å². The van der Waals surface area contributed by atoms with E-state index in [1.807, 2.05) is 0 Å². The molecule has 1 rings (SSSR count). The number of carbonyl (C=O) groups excluding carboxylic acids is 1. The molecule has 1 aliphatic carbocycles. The van der Waals surface area contributed by atoms with Crippen LogP contribution in [0.15, 0.2) is 0 Å². The first-order valence-electron chi connectivity index (χ1n) is 5.40. The van der Waals surface area contributed by atoms with E-state index in [1.54, 1.807) is 0 Å². The molecule has 0 spiro atoms. The molecule has 4 N–H and O–H groups in total. The SMILES string of the molecule is NC(=O)CCN(CC(N)=S)C1CCCC1. The van der Waals surface area contributed by atoms with E-state index in [1.165, 1.54) is 25.7 Å². The van der Waals surface area contributed by atoms with E-state index < -0.39 is 0 Å². The third-order valence-corrected chi connectivity index (χ3v) is 2.97. The number of thiocarbonyl (C=S) groups is 1. The Morgan fingerprint density at radius 1 is 1.33 bits per heavy atom. The van der Waals surface area contributed by atoms with Crippen molar-refractivity contribution in [1.82, 2.24) is 4.90 Å². The van der Waals surface area contributed by atoms with Crippen molar-refractivity contribution in [2.24, 2.45) is 11.5 Å². The van der Waals surface area contributed by atoms with Gasteiger partial charge in [-0.2, -0.15) is 0 Å². The molecule has 1 fully saturated rings. The van der Waals surface area contributed by atoms with Gasteiger partial charge in [-0.25, -0.2) is 0 Å². The van der Waals surface area contributed by atoms with Crippen LogP contribution >= 0.6 is 12.2 Å². The minimum absolute atomic E-state index is 0.263. The number of nitrogens with two attached hydrogens (primary N) is 2. The van der Waals surface area contributed by atoms with Crippen LogP contribution < -0.4 is 11.5 Å². The van der Waals surface area contributed by atoms with Crippen molar-refractivity contribution in [2.75, 3.05) is 13.1 Å². The molecule has 0 aromatic carbocycles. The van der Waals surface area contributed by atoms with Gasteiger partial charge in [-0.1, -0.05) is 25.1 Å². The number of rotatable bonds is 6. The second-order valence-corrected chi connectivity index (χ2v) is 4.62. The van der Waals surface area contributed by atoms with Gasteiger partial charge in [0.2, 0.25) is 5.91 Å². The van der Waals surface area contributed by atoms with Crippen LogP contribution in [0.25, 0.3) is 0 Å². The maximum atomic E-state index is 10.7. The summed E-state index contributed by atoms with van der Waals surface area (Å²) in [5.74, 6) is -0.263. The summed E-state index contributed by atoms with van der Waals surface area (Å²) < 4.78 is 0. The van der Waals surface area contributed by atoms with Crippen molar-refractivity contribution < 1.29 is 4.79 Å². The van der Waals surface area contributed by atoms with Gasteiger partial charge in [-0.3, -0.25) is 9.69 Å². The molecule has 1 saturated carbocycles. The molecule has 0 aliphatic heterocycles. The molecule has 0 saturated heterocycles. The fourth-order valence-corrected chi connectivity index (χ4v) is 2.28. The van der Waals surface area contributed by atoms with Gasteiger partial charge in [0, 0.05) is 25.6 Å². The van der Waals surface area contributed by atoms with Crippen LogP contribution in [0.5, 0.6) is 0 Å². The number of primary amides is 1. The summed E-state index contributed by atoms with van der Waals surface area (Å²) in [6.07, 6.45) is 5.27. The predicted molar refractivity (Wildman–Crippen MR) is 64.4 cm³/mol. The Balaban J connectivity index is 2.43. The molecule has 5 heteroatoms. The molecule has 0 heterocycles.